The molecule has 1 aliphatic heterocycles. The van der Waals surface area contributed by atoms with Crippen LogP contribution in [0.5, 0.6) is 0 Å². The van der Waals surface area contributed by atoms with Crippen LogP contribution in [0, 0.1) is 6.92 Å². The van der Waals surface area contributed by atoms with Gasteiger partial charge >= 0.3 is 0 Å². The highest BCUT2D eigenvalue weighted by molar-refractivity contribution is 5.99. The first kappa shape index (κ1) is 24.6. The van der Waals surface area contributed by atoms with Gasteiger partial charge in [0.05, 0.1) is 22.6 Å². The van der Waals surface area contributed by atoms with E-state index >= 15 is 0 Å². The molecule has 192 valence electrons. The number of anilines is 4. The first-order valence-electron chi connectivity index (χ1n) is 12.7. The quantitative estimate of drug-likeness (QED) is 0.306. The SMILES string of the molecule is Cc1cc(N(C)CCN(C)C)c(N)cc1Nc1ncc(/C=C/N)c(-c2cn3c4c(cccc24)CCC3)n1. The Morgan fingerprint density at radius 1 is 1.16 bits per heavy atom. The van der Waals surface area contributed by atoms with Gasteiger partial charge in [-0.2, -0.15) is 0 Å². The molecule has 8 heteroatoms. The average Bonchev–Trinajstić information content (AvgIpc) is 3.26. The van der Waals surface area contributed by atoms with Crippen molar-refractivity contribution in [2.24, 2.45) is 5.73 Å². The van der Waals surface area contributed by atoms with Crippen molar-refractivity contribution in [3.8, 4) is 11.3 Å². The fourth-order valence-corrected chi connectivity index (χ4v) is 5.10. The molecule has 0 spiro atoms. The van der Waals surface area contributed by atoms with Crippen molar-refractivity contribution in [2.45, 2.75) is 26.3 Å². The molecule has 4 aromatic rings. The van der Waals surface area contributed by atoms with Gasteiger partial charge in [0.2, 0.25) is 5.95 Å². The summed E-state index contributed by atoms with van der Waals surface area (Å²) in [6.45, 7) is 4.93. The maximum Gasteiger partial charge on any atom is 0.227 e. The highest BCUT2D eigenvalue weighted by Gasteiger charge is 2.20. The molecule has 1 aliphatic rings. The molecule has 0 unspecified atom stereocenters. The lowest BCUT2D eigenvalue weighted by Gasteiger charge is -2.24. The number of para-hydroxylation sites is 1. The van der Waals surface area contributed by atoms with Gasteiger partial charge in [-0.1, -0.05) is 18.2 Å². The lowest BCUT2D eigenvalue weighted by Crippen LogP contribution is -2.29. The molecule has 2 aromatic heterocycles. The minimum absolute atomic E-state index is 0.521. The van der Waals surface area contributed by atoms with Gasteiger partial charge in [0.15, 0.2) is 0 Å². The van der Waals surface area contributed by atoms with E-state index in [1.807, 2.05) is 18.3 Å². The summed E-state index contributed by atoms with van der Waals surface area (Å²) < 4.78 is 2.35. The van der Waals surface area contributed by atoms with Crippen LogP contribution < -0.4 is 21.7 Å². The lowest BCUT2D eigenvalue weighted by atomic mass is 10.0. The molecule has 2 aromatic carbocycles. The summed E-state index contributed by atoms with van der Waals surface area (Å²) in [6.07, 6.45) is 9.68. The van der Waals surface area contributed by atoms with E-state index in [4.69, 9.17) is 16.5 Å². The molecule has 0 amide bonds. The topological polar surface area (TPSA) is 101 Å². The number of aryl methyl sites for hydroxylation is 3. The van der Waals surface area contributed by atoms with E-state index in [0.717, 1.165) is 66.2 Å². The highest BCUT2D eigenvalue weighted by atomic mass is 15.2. The number of aromatic nitrogens is 3. The molecule has 3 heterocycles. The van der Waals surface area contributed by atoms with Crippen molar-refractivity contribution in [3.63, 3.8) is 0 Å². The van der Waals surface area contributed by atoms with Gasteiger partial charge in [0.25, 0.3) is 0 Å². The van der Waals surface area contributed by atoms with E-state index in [9.17, 15) is 0 Å². The zero-order chi connectivity index (χ0) is 26.1. The fraction of sp³-hybridized carbons (Fsp3) is 0.310. The molecule has 0 radical (unpaired) electrons. The van der Waals surface area contributed by atoms with E-state index in [2.05, 4.69) is 83.2 Å². The molecule has 0 saturated heterocycles. The molecule has 5 rings (SSSR count). The van der Waals surface area contributed by atoms with Crippen LogP contribution >= 0.6 is 0 Å². The first-order valence-corrected chi connectivity index (χ1v) is 12.7. The minimum atomic E-state index is 0.521. The number of hydrogen-bond donors (Lipinski definition) is 3. The van der Waals surface area contributed by atoms with E-state index in [1.54, 1.807) is 0 Å². The van der Waals surface area contributed by atoms with Gasteiger partial charge in [-0.3, -0.25) is 0 Å². The standard InChI is InChI=1S/C29H36N8/c1-19-15-26(36(4)14-13-35(2)3)24(31)16-25(19)33-29-32-17-21(10-11-30)27(34-29)23-18-37-12-6-8-20-7-5-9-22(23)28(20)37/h5,7,9-11,15-18H,6,8,12-14,30-31H2,1-4H3,(H,32,33,34)/b11-10+. The number of hydrogen-bond acceptors (Lipinski definition) is 7. The summed E-state index contributed by atoms with van der Waals surface area (Å²) in [6, 6.07) is 10.6. The molecule has 8 nitrogen and oxygen atoms in total. The van der Waals surface area contributed by atoms with Gasteiger partial charge in [-0.25, -0.2) is 9.97 Å². The molecule has 37 heavy (non-hydrogen) atoms. The smallest absolute Gasteiger partial charge is 0.227 e. The summed E-state index contributed by atoms with van der Waals surface area (Å²) in [5.41, 5.74) is 21.5. The normalized spacial score (nSPS) is 13.1. The fourth-order valence-electron chi connectivity index (χ4n) is 5.10. The second kappa shape index (κ2) is 10.1. The summed E-state index contributed by atoms with van der Waals surface area (Å²) in [5.74, 6) is 0.521. The average molecular weight is 497 g/mol. The van der Waals surface area contributed by atoms with Crippen LogP contribution in [-0.2, 0) is 13.0 Å². The number of nitrogens with one attached hydrogen (secondary N) is 1. The molecule has 0 aliphatic carbocycles. The molecule has 0 atom stereocenters. The maximum atomic E-state index is 6.47. The van der Waals surface area contributed by atoms with Crippen molar-refractivity contribution in [1.82, 2.24) is 19.4 Å². The molecule has 0 saturated carbocycles. The Labute approximate surface area is 218 Å². The summed E-state index contributed by atoms with van der Waals surface area (Å²) in [7, 11) is 6.21. The zero-order valence-corrected chi connectivity index (χ0v) is 22.1. The molecule has 0 bridgehead atoms. The van der Waals surface area contributed by atoms with Gasteiger partial charge in [0, 0.05) is 61.3 Å². The van der Waals surface area contributed by atoms with Crippen molar-refractivity contribution < 1.29 is 0 Å². The van der Waals surface area contributed by atoms with Crippen LogP contribution in [-0.4, -0.2) is 53.7 Å². The first-order chi connectivity index (χ1) is 17.9. The van der Waals surface area contributed by atoms with E-state index in [-0.39, 0.29) is 0 Å². The largest absolute Gasteiger partial charge is 0.405 e. The van der Waals surface area contributed by atoms with Crippen LogP contribution in [0.15, 0.2) is 48.9 Å². The third-order valence-electron chi connectivity index (χ3n) is 7.09. The Balaban J connectivity index is 1.51. The van der Waals surface area contributed by atoms with Crippen LogP contribution in [0.1, 0.15) is 23.1 Å². The third-order valence-corrected chi connectivity index (χ3v) is 7.09. The highest BCUT2D eigenvalue weighted by Crippen LogP contribution is 2.37. The third kappa shape index (κ3) is 4.84. The van der Waals surface area contributed by atoms with E-state index in [1.165, 1.54) is 22.7 Å². The number of nitrogens with zero attached hydrogens (tertiary/aromatic N) is 5. The van der Waals surface area contributed by atoms with Crippen LogP contribution in [0.3, 0.4) is 0 Å². The second-order valence-electron chi connectivity index (χ2n) is 10.1. The molecule has 5 N–H and O–H groups in total. The predicted molar refractivity (Wildman–Crippen MR) is 155 cm³/mol. The zero-order valence-electron chi connectivity index (χ0n) is 22.1. The lowest BCUT2D eigenvalue weighted by molar-refractivity contribution is 0.416. The van der Waals surface area contributed by atoms with Gasteiger partial charge < -0.3 is 31.2 Å². The number of rotatable bonds is 8. The van der Waals surface area contributed by atoms with Crippen LogP contribution in [0.4, 0.5) is 23.0 Å². The molecule has 0 fully saturated rings. The summed E-state index contributed by atoms with van der Waals surface area (Å²) in [4.78, 5) is 13.9. The van der Waals surface area contributed by atoms with Crippen molar-refractivity contribution in [2.75, 3.05) is 50.2 Å². The number of nitrogen functional groups attached to an aromatic ring is 1. The Kier molecular flexibility index (Phi) is 6.76. The Hall–Kier alpha value is -4.04. The number of nitrogens with two attached hydrogens (primary N) is 2. The Morgan fingerprint density at radius 3 is 2.78 bits per heavy atom. The van der Waals surface area contributed by atoms with Crippen molar-refractivity contribution in [3.05, 3.63) is 65.6 Å². The monoisotopic (exact) mass is 496 g/mol. The van der Waals surface area contributed by atoms with Gasteiger partial charge in [0.1, 0.15) is 0 Å². The van der Waals surface area contributed by atoms with Crippen molar-refractivity contribution in [1.29, 1.82) is 0 Å². The van der Waals surface area contributed by atoms with Gasteiger partial charge in [-0.15, -0.1) is 0 Å². The minimum Gasteiger partial charge on any atom is -0.405 e. The Bertz CT molecular complexity index is 1470. The van der Waals surface area contributed by atoms with E-state index < -0.39 is 0 Å². The molecular weight excluding hydrogens is 460 g/mol. The maximum absolute atomic E-state index is 6.47. The number of benzene rings is 2. The number of likely N-dealkylation sites (N-methyl/N-ethyl adjacent to an activating group) is 2. The summed E-state index contributed by atoms with van der Waals surface area (Å²) >= 11 is 0. The molecular formula is C29H36N8. The second-order valence-corrected chi connectivity index (χ2v) is 10.1. The van der Waals surface area contributed by atoms with Crippen molar-refractivity contribution >= 4 is 40.0 Å². The van der Waals surface area contributed by atoms with Crippen LogP contribution in [0.25, 0.3) is 28.2 Å². The summed E-state index contributed by atoms with van der Waals surface area (Å²) in [5, 5.41) is 4.62. The predicted octanol–water partition coefficient (Wildman–Crippen LogP) is 4.61. The van der Waals surface area contributed by atoms with E-state index in [0.29, 0.717) is 11.6 Å². The van der Waals surface area contributed by atoms with Gasteiger partial charge in [-0.05, 0) is 69.4 Å². The Morgan fingerprint density at radius 2 is 2.00 bits per heavy atom. The van der Waals surface area contributed by atoms with Crippen LogP contribution in [0.2, 0.25) is 0 Å².